The number of aromatic nitrogens is 2. The lowest BCUT2D eigenvalue weighted by molar-refractivity contribution is -0.139. The molecule has 0 bridgehead atoms. The van der Waals surface area contributed by atoms with Crippen LogP contribution in [0.3, 0.4) is 0 Å². The predicted molar refractivity (Wildman–Crippen MR) is 116 cm³/mol. The monoisotopic (exact) mass is 428 g/mol. The van der Waals surface area contributed by atoms with Crippen LogP contribution in [0.5, 0.6) is 0 Å². The molecule has 1 aromatic heterocycles. The van der Waals surface area contributed by atoms with Gasteiger partial charge >= 0.3 is 11.9 Å². The first-order valence-corrected chi connectivity index (χ1v) is 9.60. The van der Waals surface area contributed by atoms with Gasteiger partial charge in [0.05, 0.1) is 11.6 Å². The zero-order valence-corrected chi connectivity index (χ0v) is 17.1. The molecule has 3 rings (SSSR count). The number of benzene rings is 2. The van der Waals surface area contributed by atoms with Crippen LogP contribution < -0.4 is 17.2 Å². The molecule has 1 unspecified atom stereocenters. The normalized spacial score (nSPS) is 13.0. The maximum Gasteiger partial charge on any atom is 0.399 e. The van der Waals surface area contributed by atoms with E-state index >= 15 is 0 Å². The van der Waals surface area contributed by atoms with E-state index in [0.717, 1.165) is 11.6 Å². The van der Waals surface area contributed by atoms with Gasteiger partial charge in [0.25, 0.3) is 0 Å². The molecule has 3 aromatic rings. The Hall–Kier alpha value is -3.39. The molecular formula is C23H23F3N4O. The summed E-state index contributed by atoms with van der Waals surface area (Å²) in [6.07, 6.45) is -0.551. The standard InChI is InChI=1S/C23H23F3N4O/c1-14-11-18(12-20(15(14)2)30-10-9-21(28)29-22(30)31)19(23(24,25)26)8-7-16-3-5-17(13-27)6-4-16/h3-12,19H,13,27H2,1-2H3,(H2,28,29,31)/b8-7+. The van der Waals surface area contributed by atoms with E-state index in [1.807, 2.05) is 0 Å². The molecule has 1 atom stereocenters. The number of nitrogens with zero attached hydrogens (tertiary/aromatic N) is 2. The zero-order valence-electron chi connectivity index (χ0n) is 17.1. The van der Waals surface area contributed by atoms with Crippen molar-refractivity contribution in [3.8, 4) is 5.69 Å². The lowest BCUT2D eigenvalue weighted by Gasteiger charge is -2.21. The van der Waals surface area contributed by atoms with Crippen molar-refractivity contribution in [1.29, 1.82) is 0 Å². The van der Waals surface area contributed by atoms with Crippen molar-refractivity contribution < 1.29 is 13.2 Å². The van der Waals surface area contributed by atoms with Crippen molar-refractivity contribution >= 4 is 11.9 Å². The summed E-state index contributed by atoms with van der Waals surface area (Å²) in [7, 11) is 0. The van der Waals surface area contributed by atoms with Crippen LogP contribution in [0.4, 0.5) is 19.0 Å². The van der Waals surface area contributed by atoms with Crippen molar-refractivity contribution in [2.24, 2.45) is 5.73 Å². The highest BCUT2D eigenvalue weighted by Crippen LogP contribution is 2.38. The van der Waals surface area contributed by atoms with Crippen LogP contribution in [-0.4, -0.2) is 15.7 Å². The van der Waals surface area contributed by atoms with Crippen LogP contribution in [0.1, 0.15) is 33.7 Å². The third kappa shape index (κ3) is 5.03. The highest BCUT2D eigenvalue weighted by Gasteiger charge is 2.39. The minimum Gasteiger partial charge on any atom is -0.383 e. The number of aryl methyl sites for hydroxylation is 1. The van der Waals surface area contributed by atoms with Crippen LogP contribution in [-0.2, 0) is 6.54 Å². The molecule has 31 heavy (non-hydrogen) atoms. The van der Waals surface area contributed by atoms with Gasteiger partial charge in [0, 0.05) is 12.7 Å². The first-order chi connectivity index (χ1) is 14.6. The van der Waals surface area contributed by atoms with Gasteiger partial charge in [-0.25, -0.2) is 4.79 Å². The summed E-state index contributed by atoms with van der Waals surface area (Å²) >= 11 is 0. The topological polar surface area (TPSA) is 86.9 Å². The van der Waals surface area contributed by atoms with Crippen LogP contribution >= 0.6 is 0 Å². The number of rotatable bonds is 5. The molecule has 162 valence electrons. The van der Waals surface area contributed by atoms with Crippen LogP contribution in [0.25, 0.3) is 11.8 Å². The summed E-state index contributed by atoms with van der Waals surface area (Å²) < 4.78 is 43.1. The third-order valence-corrected chi connectivity index (χ3v) is 5.16. The Morgan fingerprint density at radius 3 is 2.39 bits per heavy atom. The predicted octanol–water partition coefficient (Wildman–Crippen LogP) is 4.25. The number of halogens is 3. The van der Waals surface area contributed by atoms with Gasteiger partial charge in [0.1, 0.15) is 5.82 Å². The highest BCUT2D eigenvalue weighted by molar-refractivity contribution is 5.54. The average molecular weight is 428 g/mol. The molecule has 4 N–H and O–H groups in total. The number of alkyl halides is 3. The van der Waals surface area contributed by atoms with Crippen molar-refractivity contribution in [1.82, 2.24) is 9.55 Å². The van der Waals surface area contributed by atoms with Gasteiger partial charge in [0.2, 0.25) is 0 Å². The SMILES string of the molecule is Cc1cc(C(/C=C/c2ccc(CN)cc2)C(F)(F)F)cc(-n2ccc(N)nc2=O)c1C. The quantitative estimate of drug-likeness (QED) is 0.636. The largest absolute Gasteiger partial charge is 0.399 e. The Balaban J connectivity index is 2.08. The van der Waals surface area contributed by atoms with E-state index in [-0.39, 0.29) is 11.4 Å². The number of nitrogens with two attached hydrogens (primary N) is 2. The molecule has 0 aliphatic rings. The maximum atomic E-state index is 14.0. The van der Waals surface area contributed by atoms with Gasteiger partial charge in [-0.05, 0) is 53.8 Å². The zero-order chi connectivity index (χ0) is 22.8. The van der Waals surface area contributed by atoms with E-state index < -0.39 is 17.8 Å². The third-order valence-electron chi connectivity index (χ3n) is 5.16. The number of nitrogen functional groups attached to an aromatic ring is 1. The molecule has 0 saturated carbocycles. The molecule has 0 saturated heterocycles. The summed E-state index contributed by atoms with van der Waals surface area (Å²) in [5.41, 5.74) is 13.6. The molecule has 0 amide bonds. The highest BCUT2D eigenvalue weighted by atomic mass is 19.4. The van der Waals surface area contributed by atoms with E-state index in [9.17, 15) is 18.0 Å². The van der Waals surface area contributed by atoms with Crippen molar-refractivity contribution in [3.05, 3.63) is 93.0 Å². The van der Waals surface area contributed by atoms with Crippen LogP contribution in [0, 0.1) is 13.8 Å². The van der Waals surface area contributed by atoms with Gasteiger partial charge in [-0.3, -0.25) is 4.57 Å². The van der Waals surface area contributed by atoms with Gasteiger partial charge < -0.3 is 11.5 Å². The fourth-order valence-corrected chi connectivity index (χ4v) is 3.28. The van der Waals surface area contributed by atoms with E-state index in [1.54, 1.807) is 38.1 Å². The molecule has 0 spiro atoms. The second-order valence-electron chi connectivity index (χ2n) is 7.31. The lowest BCUT2D eigenvalue weighted by atomic mass is 9.92. The molecule has 0 radical (unpaired) electrons. The van der Waals surface area contributed by atoms with Gasteiger partial charge in [-0.15, -0.1) is 0 Å². The number of allylic oxidation sites excluding steroid dienone is 1. The van der Waals surface area contributed by atoms with Crippen molar-refractivity contribution in [2.75, 3.05) is 5.73 Å². The van der Waals surface area contributed by atoms with E-state index in [0.29, 0.717) is 28.9 Å². The molecule has 2 aromatic carbocycles. The van der Waals surface area contributed by atoms with Gasteiger partial charge in [-0.2, -0.15) is 18.2 Å². The maximum absolute atomic E-state index is 14.0. The van der Waals surface area contributed by atoms with Crippen LogP contribution in [0.2, 0.25) is 0 Å². The number of anilines is 1. The summed E-state index contributed by atoms with van der Waals surface area (Å²) in [6.45, 7) is 3.81. The molecule has 5 nitrogen and oxygen atoms in total. The van der Waals surface area contributed by atoms with E-state index in [4.69, 9.17) is 11.5 Å². The van der Waals surface area contributed by atoms with Crippen molar-refractivity contribution in [2.45, 2.75) is 32.5 Å². The molecule has 8 heteroatoms. The Kier molecular flexibility index (Phi) is 6.31. The molecule has 1 heterocycles. The fraction of sp³-hybridized carbons (Fsp3) is 0.217. The van der Waals surface area contributed by atoms with Crippen molar-refractivity contribution in [3.63, 3.8) is 0 Å². The fourth-order valence-electron chi connectivity index (χ4n) is 3.28. The molecule has 0 fully saturated rings. The summed E-state index contributed by atoms with van der Waals surface area (Å²) in [6, 6.07) is 11.3. The Morgan fingerprint density at radius 1 is 1.13 bits per heavy atom. The molecule has 0 aliphatic carbocycles. The Bertz CT molecular complexity index is 1160. The van der Waals surface area contributed by atoms with E-state index in [1.165, 1.54) is 35.0 Å². The Labute approximate surface area is 177 Å². The first-order valence-electron chi connectivity index (χ1n) is 9.60. The minimum atomic E-state index is -4.52. The summed E-state index contributed by atoms with van der Waals surface area (Å²) in [5.74, 6) is -1.80. The second kappa shape index (κ2) is 8.77. The van der Waals surface area contributed by atoms with Gasteiger partial charge in [-0.1, -0.05) is 42.5 Å². The Morgan fingerprint density at radius 2 is 1.81 bits per heavy atom. The molecule has 0 aliphatic heterocycles. The van der Waals surface area contributed by atoms with Gasteiger partial charge in [0.15, 0.2) is 0 Å². The van der Waals surface area contributed by atoms with E-state index in [2.05, 4.69) is 4.98 Å². The molecular weight excluding hydrogens is 405 g/mol. The minimum absolute atomic E-state index is 0.0316. The smallest absolute Gasteiger partial charge is 0.383 e. The first kappa shape index (κ1) is 22.3. The summed E-state index contributed by atoms with van der Waals surface area (Å²) in [5, 5.41) is 0. The number of hydrogen-bond donors (Lipinski definition) is 2. The lowest BCUT2D eigenvalue weighted by Crippen LogP contribution is -2.24. The van der Waals surface area contributed by atoms with Crippen LogP contribution in [0.15, 0.2) is 59.5 Å². The second-order valence-corrected chi connectivity index (χ2v) is 7.31. The average Bonchev–Trinajstić information content (AvgIpc) is 2.70. The number of hydrogen-bond acceptors (Lipinski definition) is 4. The summed E-state index contributed by atoms with van der Waals surface area (Å²) in [4.78, 5) is 15.9.